The zero-order chi connectivity index (χ0) is 15.5. The molecular formula is C15H21N3O2S2. The molecule has 0 aromatic carbocycles. The molecule has 1 aromatic heterocycles. The van der Waals surface area contributed by atoms with Crippen LogP contribution in [0.3, 0.4) is 0 Å². The highest BCUT2D eigenvalue weighted by Gasteiger charge is 2.33. The quantitative estimate of drug-likeness (QED) is 0.868. The lowest BCUT2D eigenvalue weighted by molar-refractivity contribution is -0.131. The Bertz CT molecular complexity index is 555. The van der Waals surface area contributed by atoms with Crippen molar-refractivity contribution in [2.24, 2.45) is 5.92 Å². The summed E-state index contributed by atoms with van der Waals surface area (Å²) in [6.07, 6.45) is 0.809. The number of thioether (sulfide) groups is 1. The highest BCUT2D eigenvalue weighted by Crippen LogP contribution is 2.20. The van der Waals surface area contributed by atoms with Crippen molar-refractivity contribution in [3.8, 4) is 0 Å². The molecule has 2 aliphatic rings. The molecule has 0 spiro atoms. The molecule has 7 heteroatoms. The summed E-state index contributed by atoms with van der Waals surface area (Å²) in [5, 5.41) is 8.24. The summed E-state index contributed by atoms with van der Waals surface area (Å²) in [5.41, 5.74) is 1.02. The maximum atomic E-state index is 12.3. The van der Waals surface area contributed by atoms with Crippen molar-refractivity contribution in [1.82, 2.24) is 15.5 Å². The van der Waals surface area contributed by atoms with E-state index in [1.807, 2.05) is 23.3 Å². The molecule has 2 N–H and O–H groups in total. The molecule has 120 valence electrons. The zero-order valence-electron chi connectivity index (χ0n) is 12.6. The summed E-state index contributed by atoms with van der Waals surface area (Å²) < 4.78 is 0. The van der Waals surface area contributed by atoms with E-state index < -0.39 is 0 Å². The molecule has 2 amide bonds. The molecule has 0 bridgehead atoms. The first-order valence-electron chi connectivity index (χ1n) is 7.57. The topological polar surface area (TPSA) is 61.4 Å². The SMILES string of the molecule is Cc1ccsc1C(=O)NC[C@@H]1CN[C@H](C(=O)N2CCSC2)C1. The van der Waals surface area contributed by atoms with E-state index >= 15 is 0 Å². The Morgan fingerprint density at radius 3 is 3.05 bits per heavy atom. The maximum absolute atomic E-state index is 12.3. The molecule has 2 aliphatic heterocycles. The van der Waals surface area contributed by atoms with Crippen LogP contribution in [0.25, 0.3) is 0 Å². The second-order valence-corrected chi connectivity index (χ2v) is 7.84. The number of nitrogens with one attached hydrogen (secondary N) is 2. The third kappa shape index (κ3) is 3.47. The second kappa shape index (κ2) is 7.02. The summed E-state index contributed by atoms with van der Waals surface area (Å²) in [5.74, 6) is 2.40. The number of carbonyl (C=O) groups is 2. The molecule has 2 saturated heterocycles. The van der Waals surface area contributed by atoms with E-state index in [0.29, 0.717) is 12.5 Å². The standard InChI is InChI=1S/C15H21N3O2S2/c1-10-2-4-22-13(10)14(19)17-8-11-6-12(16-7-11)15(20)18-3-5-21-9-18/h2,4,11-12,16H,3,5-9H2,1H3,(H,17,19)/t11-,12-/m0/s1. The summed E-state index contributed by atoms with van der Waals surface area (Å²) in [6.45, 7) is 4.23. The average molecular weight is 339 g/mol. The Morgan fingerprint density at radius 1 is 1.50 bits per heavy atom. The number of hydrogen-bond acceptors (Lipinski definition) is 5. The molecule has 0 saturated carbocycles. The van der Waals surface area contributed by atoms with Crippen molar-refractivity contribution in [3.05, 3.63) is 21.9 Å². The van der Waals surface area contributed by atoms with E-state index in [2.05, 4.69) is 10.6 Å². The summed E-state index contributed by atoms with van der Waals surface area (Å²) in [4.78, 5) is 27.1. The van der Waals surface area contributed by atoms with Crippen LogP contribution in [0.1, 0.15) is 21.7 Å². The predicted molar refractivity (Wildman–Crippen MR) is 90.3 cm³/mol. The van der Waals surface area contributed by atoms with Gasteiger partial charge in [-0.25, -0.2) is 0 Å². The van der Waals surface area contributed by atoms with E-state index in [1.165, 1.54) is 11.3 Å². The van der Waals surface area contributed by atoms with Crippen molar-refractivity contribution >= 4 is 34.9 Å². The fourth-order valence-corrected chi connectivity index (χ4v) is 4.68. The van der Waals surface area contributed by atoms with Crippen LogP contribution in [-0.2, 0) is 4.79 Å². The Labute approximate surface area is 138 Å². The van der Waals surface area contributed by atoms with E-state index in [0.717, 1.165) is 41.6 Å². The van der Waals surface area contributed by atoms with Crippen molar-refractivity contribution in [2.75, 3.05) is 31.3 Å². The van der Waals surface area contributed by atoms with Crippen molar-refractivity contribution in [2.45, 2.75) is 19.4 Å². The smallest absolute Gasteiger partial charge is 0.261 e. The van der Waals surface area contributed by atoms with Crippen LogP contribution in [0, 0.1) is 12.8 Å². The van der Waals surface area contributed by atoms with Gasteiger partial charge in [-0.1, -0.05) is 0 Å². The molecule has 2 atom stereocenters. The first-order chi connectivity index (χ1) is 10.6. The van der Waals surface area contributed by atoms with Gasteiger partial charge in [0.25, 0.3) is 5.91 Å². The van der Waals surface area contributed by atoms with Crippen LogP contribution in [0.2, 0.25) is 0 Å². The van der Waals surface area contributed by atoms with Gasteiger partial charge in [0.1, 0.15) is 0 Å². The highest BCUT2D eigenvalue weighted by atomic mass is 32.2. The van der Waals surface area contributed by atoms with Crippen LogP contribution in [0.5, 0.6) is 0 Å². The average Bonchev–Trinajstić information content (AvgIpc) is 3.25. The summed E-state index contributed by atoms with van der Waals surface area (Å²) in [7, 11) is 0. The number of rotatable bonds is 4. The lowest BCUT2D eigenvalue weighted by Crippen LogP contribution is -2.42. The van der Waals surface area contributed by atoms with Gasteiger partial charge in [-0.2, -0.15) is 0 Å². The predicted octanol–water partition coefficient (Wildman–Crippen LogP) is 1.30. The Hall–Kier alpha value is -1.05. The van der Waals surface area contributed by atoms with E-state index in [-0.39, 0.29) is 17.9 Å². The van der Waals surface area contributed by atoms with Gasteiger partial charge >= 0.3 is 0 Å². The summed E-state index contributed by atoms with van der Waals surface area (Å²) >= 11 is 3.28. The minimum atomic E-state index is -0.0796. The molecular weight excluding hydrogens is 318 g/mol. The van der Waals surface area contributed by atoms with Crippen LogP contribution >= 0.6 is 23.1 Å². The minimum absolute atomic E-state index is 0.00165. The van der Waals surface area contributed by atoms with Gasteiger partial charge in [0, 0.05) is 25.4 Å². The van der Waals surface area contributed by atoms with Crippen LogP contribution < -0.4 is 10.6 Å². The van der Waals surface area contributed by atoms with Gasteiger partial charge in [0.15, 0.2) is 0 Å². The van der Waals surface area contributed by atoms with Crippen molar-refractivity contribution in [3.63, 3.8) is 0 Å². The fraction of sp³-hybridized carbons (Fsp3) is 0.600. The third-order valence-corrected chi connectivity index (χ3v) is 6.18. The molecule has 3 rings (SSSR count). The molecule has 2 fully saturated rings. The molecule has 3 heterocycles. The van der Waals surface area contributed by atoms with Crippen LogP contribution in [0.4, 0.5) is 0 Å². The third-order valence-electron chi connectivity index (χ3n) is 4.20. The van der Waals surface area contributed by atoms with Crippen LogP contribution in [0.15, 0.2) is 11.4 Å². The van der Waals surface area contributed by atoms with E-state index in [9.17, 15) is 9.59 Å². The lowest BCUT2D eigenvalue weighted by Gasteiger charge is -2.19. The fourth-order valence-electron chi connectivity index (χ4n) is 2.88. The number of nitrogens with zero attached hydrogens (tertiary/aromatic N) is 1. The summed E-state index contributed by atoms with van der Waals surface area (Å²) in [6, 6.07) is 1.88. The molecule has 5 nitrogen and oxygen atoms in total. The van der Waals surface area contributed by atoms with Crippen LogP contribution in [-0.4, -0.2) is 54.0 Å². The van der Waals surface area contributed by atoms with Gasteiger partial charge in [0.2, 0.25) is 5.91 Å². The Morgan fingerprint density at radius 2 is 2.36 bits per heavy atom. The maximum Gasteiger partial charge on any atom is 0.261 e. The van der Waals surface area contributed by atoms with Gasteiger partial charge in [-0.15, -0.1) is 23.1 Å². The molecule has 0 aliphatic carbocycles. The van der Waals surface area contributed by atoms with Crippen molar-refractivity contribution < 1.29 is 9.59 Å². The van der Waals surface area contributed by atoms with E-state index in [1.54, 1.807) is 11.8 Å². The van der Waals surface area contributed by atoms with Gasteiger partial charge in [-0.3, -0.25) is 9.59 Å². The normalized spacial score (nSPS) is 24.7. The number of amides is 2. The lowest BCUT2D eigenvalue weighted by atomic mass is 10.0. The molecule has 1 aromatic rings. The first-order valence-corrected chi connectivity index (χ1v) is 9.61. The Balaban J connectivity index is 1.46. The highest BCUT2D eigenvalue weighted by molar-refractivity contribution is 7.99. The monoisotopic (exact) mass is 339 g/mol. The Kier molecular flexibility index (Phi) is 5.05. The number of thiophene rings is 1. The first kappa shape index (κ1) is 15.8. The largest absolute Gasteiger partial charge is 0.351 e. The van der Waals surface area contributed by atoms with Gasteiger partial charge < -0.3 is 15.5 Å². The minimum Gasteiger partial charge on any atom is -0.351 e. The molecule has 0 radical (unpaired) electrons. The van der Waals surface area contributed by atoms with Crippen molar-refractivity contribution in [1.29, 1.82) is 0 Å². The van der Waals surface area contributed by atoms with Gasteiger partial charge in [0.05, 0.1) is 16.8 Å². The second-order valence-electron chi connectivity index (χ2n) is 5.84. The number of hydrogen-bond donors (Lipinski definition) is 2. The number of aryl methyl sites for hydroxylation is 1. The zero-order valence-corrected chi connectivity index (χ0v) is 14.3. The van der Waals surface area contributed by atoms with E-state index in [4.69, 9.17) is 0 Å². The molecule has 0 unspecified atom stereocenters. The van der Waals surface area contributed by atoms with Gasteiger partial charge in [-0.05, 0) is 36.3 Å². The molecule has 22 heavy (non-hydrogen) atoms. The number of carbonyl (C=O) groups excluding carboxylic acids is 2.